The third-order valence-electron chi connectivity index (χ3n) is 5.40. The summed E-state index contributed by atoms with van der Waals surface area (Å²) >= 11 is 0. The van der Waals surface area contributed by atoms with E-state index in [-0.39, 0.29) is 0 Å². The molecule has 3 N–H and O–H groups in total. The topological polar surface area (TPSA) is 64.9 Å². The van der Waals surface area contributed by atoms with E-state index in [0.29, 0.717) is 29.4 Å². The van der Waals surface area contributed by atoms with Gasteiger partial charge in [-0.3, -0.25) is 0 Å². The maximum absolute atomic E-state index is 9.46. The Labute approximate surface area is 115 Å². The first-order valence-corrected chi connectivity index (χ1v) is 7.14. The second kappa shape index (κ2) is 4.91. The zero-order chi connectivity index (χ0) is 14.3. The van der Waals surface area contributed by atoms with Gasteiger partial charge in [-0.05, 0) is 56.3 Å². The first-order valence-electron chi connectivity index (χ1n) is 7.14. The number of nitrogens with one attached hydrogen (secondary N) is 1. The highest BCUT2D eigenvalue weighted by atomic mass is 16.5. The lowest BCUT2D eigenvalue weighted by Crippen LogP contribution is -2.49. The Morgan fingerprint density at radius 1 is 1.32 bits per heavy atom. The third kappa shape index (κ3) is 2.43. The van der Waals surface area contributed by atoms with Crippen molar-refractivity contribution in [3.05, 3.63) is 12.2 Å². The molecule has 0 radical (unpaired) electrons. The van der Waals surface area contributed by atoms with E-state index >= 15 is 0 Å². The van der Waals surface area contributed by atoms with E-state index in [9.17, 15) is 10.4 Å². The number of fused-ring (bicyclic) bond motifs is 1. The van der Waals surface area contributed by atoms with Crippen LogP contribution in [0.1, 0.15) is 52.9 Å². The first kappa shape index (κ1) is 14.5. The van der Waals surface area contributed by atoms with Crippen molar-refractivity contribution in [1.82, 2.24) is 5.48 Å². The monoisotopic (exact) mass is 266 g/mol. The van der Waals surface area contributed by atoms with E-state index in [1.807, 2.05) is 6.92 Å². The second-order valence-corrected chi connectivity index (χ2v) is 7.09. The number of hydrogen-bond donors (Lipinski definition) is 3. The molecule has 0 aliphatic heterocycles. The molecule has 2 aliphatic carbocycles. The second-order valence-electron chi connectivity index (χ2n) is 7.09. The van der Waals surface area contributed by atoms with Crippen LogP contribution in [0.4, 0.5) is 0 Å². The molecule has 19 heavy (non-hydrogen) atoms. The van der Waals surface area contributed by atoms with E-state index in [4.69, 9.17) is 0 Å². The minimum atomic E-state index is -0.629. The fourth-order valence-electron chi connectivity index (χ4n) is 3.87. The lowest BCUT2D eigenvalue weighted by molar-refractivity contribution is -0.00532. The van der Waals surface area contributed by atoms with Crippen LogP contribution in [0.25, 0.3) is 0 Å². The van der Waals surface area contributed by atoms with Gasteiger partial charge >= 0.3 is 0 Å². The van der Waals surface area contributed by atoms with Gasteiger partial charge in [0.1, 0.15) is 0 Å². The summed E-state index contributed by atoms with van der Waals surface area (Å²) in [7, 11) is 0. The van der Waals surface area contributed by atoms with Crippen molar-refractivity contribution in [2.24, 2.45) is 22.4 Å². The van der Waals surface area contributed by atoms with Gasteiger partial charge < -0.3 is 10.4 Å². The van der Waals surface area contributed by atoms with Gasteiger partial charge in [-0.15, -0.1) is 0 Å². The predicted molar refractivity (Wildman–Crippen MR) is 75.5 cm³/mol. The van der Waals surface area contributed by atoms with Crippen LogP contribution in [0.2, 0.25) is 0 Å². The zero-order valence-corrected chi connectivity index (χ0v) is 12.2. The van der Waals surface area contributed by atoms with Crippen molar-refractivity contribution in [3.8, 4) is 0 Å². The maximum Gasteiger partial charge on any atom is 0.0815 e. The van der Waals surface area contributed by atoms with E-state index in [1.54, 1.807) is 0 Å². The number of rotatable bonds is 1. The summed E-state index contributed by atoms with van der Waals surface area (Å²) in [5, 5.41) is 22.1. The summed E-state index contributed by atoms with van der Waals surface area (Å²) in [6, 6.07) is 0. The molecule has 4 heteroatoms. The van der Waals surface area contributed by atoms with Gasteiger partial charge in [0.05, 0.1) is 11.3 Å². The molecule has 3 atom stereocenters. The highest BCUT2D eigenvalue weighted by molar-refractivity contribution is 5.92. The summed E-state index contributed by atoms with van der Waals surface area (Å²) in [6.07, 6.45) is 4.49. The van der Waals surface area contributed by atoms with Crippen molar-refractivity contribution >= 4 is 5.71 Å². The third-order valence-corrected chi connectivity index (χ3v) is 5.40. The summed E-state index contributed by atoms with van der Waals surface area (Å²) < 4.78 is 0. The van der Waals surface area contributed by atoms with Crippen LogP contribution in [0.3, 0.4) is 0 Å². The van der Waals surface area contributed by atoms with Crippen LogP contribution >= 0.6 is 0 Å². The number of nitrogens with zero attached hydrogens (tertiary/aromatic N) is 1. The Bertz CT molecular complexity index is 403. The van der Waals surface area contributed by atoms with Gasteiger partial charge in [0, 0.05) is 0 Å². The Kier molecular flexibility index (Phi) is 3.76. The Hall–Kier alpha value is -0.870. The fraction of sp³-hybridized carbons (Fsp3) is 0.800. The van der Waals surface area contributed by atoms with Crippen molar-refractivity contribution in [1.29, 1.82) is 0 Å². The molecule has 0 amide bonds. The molecule has 2 rings (SSSR count). The highest BCUT2D eigenvalue weighted by Gasteiger charge is 2.49. The summed E-state index contributed by atoms with van der Waals surface area (Å²) in [5.41, 5.74) is 3.97. The number of hydroxylamine groups is 1. The minimum absolute atomic E-state index is 0.352. The molecule has 108 valence electrons. The summed E-state index contributed by atoms with van der Waals surface area (Å²) in [4.78, 5) is 0. The molecule has 0 aromatic rings. The van der Waals surface area contributed by atoms with Gasteiger partial charge in [-0.1, -0.05) is 31.2 Å². The molecule has 0 aromatic carbocycles. The normalized spacial score (nSPS) is 40.8. The largest absolute Gasteiger partial charge is 0.411 e. The number of hydrogen-bond acceptors (Lipinski definition) is 4. The predicted octanol–water partition coefficient (Wildman–Crippen LogP) is 3.35. The Morgan fingerprint density at radius 2 is 2.00 bits per heavy atom. The molecular formula is C15H26N2O2. The Balaban J connectivity index is 2.24. The van der Waals surface area contributed by atoms with Gasteiger partial charge in [0.2, 0.25) is 0 Å². The van der Waals surface area contributed by atoms with Crippen molar-refractivity contribution in [2.45, 2.75) is 58.4 Å². The number of oxime groups is 1. The van der Waals surface area contributed by atoms with Crippen molar-refractivity contribution in [3.63, 3.8) is 0 Å². The molecule has 2 aliphatic rings. The van der Waals surface area contributed by atoms with E-state index < -0.39 is 5.54 Å². The number of allylic oxidation sites excluding steroid dienone is 1. The molecule has 0 saturated heterocycles. The maximum atomic E-state index is 9.46. The van der Waals surface area contributed by atoms with Crippen LogP contribution < -0.4 is 5.48 Å². The van der Waals surface area contributed by atoms with Crippen molar-refractivity contribution in [2.75, 3.05) is 0 Å². The minimum Gasteiger partial charge on any atom is -0.411 e. The average molecular weight is 266 g/mol. The Morgan fingerprint density at radius 3 is 2.53 bits per heavy atom. The van der Waals surface area contributed by atoms with Gasteiger partial charge in [-0.25, -0.2) is 0 Å². The van der Waals surface area contributed by atoms with E-state index in [0.717, 1.165) is 19.3 Å². The van der Waals surface area contributed by atoms with Crippen LogP contribution in [0.15, 0.2) is 17.3 Å². The van der Waals surface area contributed by atoms with Gasteiger partial charge in [-0.2, -0.15) is 5.48 Å². The molecule has 0 heterocycles. The quantitative estimate of drug-likeness (QED) is 0.387. The molecule has 0 bridgehead atoms. The summed E-state index contributed by atoms with van der Waals surface area (Å²) in [6.45, 7) is 10.7. The highest BCUT2D eigenvalue weighted by Crippen LogP contribution is 2.56. The zero-order valence-electron chi connectivity index (χ0n) is 12.2. The van der Waals surface area contributed by atoms with Crippen molar-refractivity contribution < 1.29 is 10.4 Å². The van der Waals surface area contributed by atoms with Gasteiger partial charge in [0.25, 0.3) is 0 Å². The van der Waals surface area contributed by atoms with E-state index in [1.165, 1.54) is 12.0 Å². The van der Waals surface area contributed by atoms with Gasteiger partial charge in [0.15, 0.2) is 0 Å². The smallest absolute Gasteiger partial charge is 0.0815 e. The molecule has 4 nitrogen and oxygen atoms in total. The molecule has 2 saturated carbocycles. The van der Waals surface area contributed by atoms with Crippen LogP contribution in [0.5, 0.6) is 0 Å². The molecular weight excluding hydrogens is 240 g/mol. The average Bonchev–Trinajstić information content (AvgIpc) is 2.39. The SMILES string of the molecule is C=C1CC/C(=N\O)[C@](C)(NO)CC[C@H]2[C@@H]1CC2(C)C. The molecule has 0 unspecified atom stereocenters. The van der Waals surface area contributed by atoms with Crippen LogP contribution in [-0.4, -0.2) is 21.7 Å². The standard InChI is InChI=1S/C15H26N2O2/c1-10-5-6-13(16-18)15(4,17-19)8-7-12-11(10)9-14(12,2)3/h11-12,17-19H,1,5-9H2,2-4H3/b16-13+/t11-,12+,15-/m1/s1. The molecule has 0 spiro atoms. The lowest BCUT2D eigenvalue weighted by Gasteiger charge is -2.53. The summed E-state index contributed by atoms with van der Waals surface area (Å²) in [5.74, 6) is 1.21. The molecule has 0 aromatic heterocycles. The molecule has 2 fully saturated rings. The fourth-order valence-corrected chi connectivity index (χ4v) is 3.87. The van der Waals surface area contributed by atoms with E-state index in [2.05, 4.69) is 31.1 Å². The van der Waals surface area contributed by atoms with Crippen LogP contribution in [-0.2, 0) is 0 Å². The van der Waals surface area contributed by atoms with Crippen LogP contribution in [0, 0.1) is 17.3 Å². The lowest BCUT2D eigenvalue weighted by atomic mass is 9.52. The first-order chi connectivity index (χ1) is 8.84.